The lowest BCUT2D eigenvalue weighted by molar-refractivity contribution is 0.138. The molecule has 0 radical (unpaired) electrons. The van der Waals surface area contributed by atoms with Crippen LogP contribution in [0.3, 0.4) is 0 Å². The minimum atomic E-state index is -3.56. The Hall–Kier alpha value is -0.980. The molecule has 0 fully saturated rings. The largest absolute Gasteiger partial charge is 0.395 e. The van der Waals surface area contributed by atoms with E-state index in [2.05, 4.69) is 0 Å². The zero-order valence-electron chi connectivity index (χ0n) is 9.38. The van der Waals surface area contributed by atoms with Crippen LogP contribution in [0.15, 0.2) is 24.3 Å². The van der Waals surface area contributed by atoms with Gasteiger partial charge in [-0.15, -0.1) is 0 Å². The van der Waals surface area contributed by atoms with Gasteiger partial charge >= 0.3 is 0 Å². The van der Waals surface area contributed by atoms with Crippen LogP contribution in [-0.2, 0) is 9.84 Å². The molecular formula is C11H15FO4S. The van der Waals surface area contributed by atoms with Gasteiger partial charge in [0.2, 0.25) is 0 Å². The second kappa shape index (κ2) is 5.57. The maximum atomic E-state index is 12.7. The standard InChI is InChI=1S/C11H15FO4S/c1-2-17(15,16)10(7-13)11(14)8-3-5-9(12)6-4-8/h3-6,10-11,13-14H,2,7H2,1H3. The number of benzene rings is 1. The van der Waals surface area contributed by atoms with Crippen molar-refractivity contribution in [2.75, 3.05) is 12.4 Å². The van der Waals surface area contributed by atoms with E-state index in [0.717, 1.165) is 12.1 Å². The van der Waals surface area contributed by atoms with Gasteiger partial charge in [-0.25, -0.2) is 12.8 Å². The van der Waals surface area contributed by atoms with Crippen molar-refractivity contribution >= 4 is 9.84 Å². The number of sulfone groups is 1. The Morgan fingerprint density at radius 3 is 2.24 bits per heavy atom. The Bertz CT molecular complexity index is 455. The van der Waals surface area contributed by atoms with Gasteiger partial charge in [0, 0.05) is 5.75 Å². The monoisotopic (exact) mass is 262 g/mol. The van der Waals surface area contributed by atoms with E-state index in [4.69, 9.17) is 5.11 Å². The van der Waals surface area contributed by atoms with Gasteiger partial charge in [0.15, 0.2) is 9.84 Å². The highest BCUT2D eigenvalue weighted by Crippen LogP contribution is 2.22. The Balaban J connectivity index is 3.02. The van der Waals surface area contributed by atoms with Crippen LogP contribution >= 0.6 is 0 Å². The molecule has 17 heavy (non-hydrogen) atoms. The van der Waals surface area contributed by atoms with Crippen molar-refractivity contribution in [3.05, 3.63) is 35.6 Å². The number of hydrogen-bond donors (Lipinski definition) is 2. The van der Waals surface area contributed by atoms with E-state index in [1.807, 2.05) is 0 Å². The normalized spacial score (nSPS) is 15.5. The smallest absolute Gasteiger partial charge is 0.158 e. The van der Waals surface area contributed by atoms with Crippen LogP contribution in [0.4, 0.5) is 4.39 Å². The van der Waals surface area contributed by atoms with Crippen LogP contribution < -0.4 is 0 Å². The third kappa shape index (κ3) is 3.24. The predicted molar refractivity (Wildman–Crippen MR) is 61.7 cm³/mol. The van der Waals surface area contributed by atoms with Crippen molar-refractivity contribution in [1.82, 2.24) is 0 Å². The first kappa shape index (κ1) is 14.1. The topological polar surface area (TPSA) is 74.6 Å². The molecule has 0 amide bonds. The number of aliphatic hydroxyl groups excluding tert-OH is 2. The number of rotatable bonds is 5. The minimum absolute atomic E-state index is 0.170. The molecule has 4 nitrogen and oxygen atoms in total. The van der Waals surface area contributed by atoms with Crippen molar-refractivity contribution < 1.29 is 23.0 Å². The first-order chi connectivity index (χ1) is 7.92. The van der Waals surface area contributed by atoms with Crippen molar-refractivity contribution in [2.24, 2.45) is 0 Å². The summed E-state index contributed by atoms with van der Waals surface area (Å²) >= 11 is 0. The molecule has 2 atom stereocenters. The molecule has 0 heterocycles. The summed E-state index contributed by atoms with van der Waals surface area (Å²) < 4.78 is 35.9. The summed E-state index contributed by atoms with van der Waals surface area (Å²) in [5.74, 6) is -0.643. The Kier molecular flexibility index (Phi) is 4.62. The third-order valence-corrected chi connectivity index (χ3v) is 4.74. The second-order valence-electron chi connectivity index (χ2n) is 3.67. The van der Waals surface area contributed by atoms with Crippen LogP contribution in [-0.4, -0.2) is 36.2 Å². The maximum absolute atomic E-state index is 12.7. The Morgan fingerprint density at radius 2 is 1.82 bits per heavy atom. The Morgan fingerprint density at radius 1 is 1.29 bits per heavy atom. The fraction of sp³-hybridized carbons (Fsp3) is 0.455. The molecule has 1 rings (SSSR count). The second-order valence-corrected chi connectivity index (χ2v) is 6.18. The molecule has 0 saturated carbocycles. The summed E-state index contributed by atoms with van der Waals surface area (Å²) in [5, 5.41) is 17.7. The van der Waals surface area contributed by atoms with Crippen molar-refractivity contribution in [3.8, 4) is 0 Å². The van der Waals surface area contributed by atoms with Crippen LogP contribution in [0.1, 0.15) is 18.6 Å². The van der Waals surface area contributed by atoms with Crippen molar-refractivity contribution in [3.63, 3.8) is 0 Å². The molecule has 1 aromatic carbocycles. The molecular weight excluding hydrogens is 247 g/mol. The molecule has 6 heteroatoms. The molecule has 1 aromatic rings. The van der Waals surface area contributed by atoms with E-state index in [9.17, 15) is 17.9 Å². The summed E-state index contributed by atoms with van der Waals surface area (Å²) in [4.78, 5) is 0. The van der Waals surface area contributed by atoms with Gasteiger partial charge in [-0.3, -0.25) is 0 Å². The predicted octanol–water partition coefficient (Wildman–Crippen LogP) is 0.655. The molecule has 0 spiro atoms. The lowest BCUT2D eigenvalue weighted by Gasteiger charge is -2.20. The summed E-state index contributed by atoms with van der Waals surface area (Å²) in [7, 11) is -3.56. The van der Waals surface area contributed by atoms with Gasteiger partial charge in [-0.1, -0.05) is 19.1 Å². The molecule has 0 saturated heterocycles. The SMILES string of the molecule is CCS(=O)(=O)C(CO)C(O)c1ccc(F)cc1. The fourth-order valence-electron chi connectivity index (χ4n) is 1.50. The molecule has 0 aliphatic heterocycles. The van der Waals surface area contributed by atoms with Gasteiger partial charge < -0.3 is 10.2 Å². The molecule has 96 valence electrons. The van der Waals surface area contributed by atoms with Gasteiger partial charge in [-0.05, 0) is 17.7 Å². The molecule has 0 aromatic heterocycles. The average molecular weight is 262 g/mol. The van der Waals surface area contributed by atoms with Crippen LogP contribution in [0.2, 0.25) is 0 Å². The third-order valence-electron chi connectivity index (χ3n) is 2.61. The summed E-state index contributed by atoms with van der Waals surface area (Å²) in [6.45, 7) is 0.768. The fourth-order valence-corrected chi connectivity index (χ4v) is 2.70. The first-order valence-corrected chi connectivity index (χ1v) is 6.90. The zero-order valence-corrected chi connectivity index (χ0v) is 10.2. The summed E-state index contributed by atoms with van der Waals surface area (Å²) in [6.07, 6.45) is -1.36. The van der Waals surface area contributed by atoms with E-state index >= 15 is 0 Å². The van der Waals surface area contributed by atoms with E-state index in [1.54, 1.807) is 0 Å². The average Bonchev–Trinajstić information content (AvgIpc) is 2.30. The summed E-state index contributed by atoms with van der Waals surface area (Å²) in [5.41, 5.74) is 0.266. The molecule has 0 bridgehead atoms. The van der Waals surface area contributed by atoms with E-state index in [-0.39, 0.29) is 11.3 Å². The lowest BCUT2D eigenvalue weighted by atomic mass is 10.1. The molecule has 0 aliphatic rings. The van der Waals surface area contributed by atoms with Gasteiger partial charge in [0.1, 0.15) is 11.1 Å². The lowest BCUT2D eigenvalue weighted by Crippen LogP contribution is -2.33. The number of hydrogen-bond acceptors (Lipinski definition) is 4. The molecule has 2 unspecified atom stereocenters. The van der Waals surface area contributed by atoms with E-state index < -0.39 is 33.6 Å². The van der Waals surface area contributed by atoms with Gasteiger partial charge in [-0.2, -0.15) is 0 Å². The highest BCUT2D eigenvalue weighted by Gasteiger charge is 2.31. The quantitative estimate of drug-likeness (QED) is 0.817. The Labute approximate surface area is 99.6 Å². The van der Waals surface area contributed by atoms with E-state index in [0.29, 0.717) is 0 Å². The van der Waals surface area contributed by atoms with Gasteiger partial charge in [0.05, 0.1) is 12.7 Å². The van der Waals surface area contributed by atoms with E-state index in [1.165, 1.54) is 19.1 Å². The highest BCUT2D eigenvalue weighted by molar-refractivity contribution is 7.92. The van der Waals surface area contributed by atoms with Crippen molar-refractivity contribution in [2.45, 2.75) is 18.3 Å². The van der Waals surface area contributed by atoms with Crippen molar-refractivity contribution in [1.29, 1.82) is 0 Å². The number of aliphatic hydroxyl groups is 2. The maximum Gasteiger partial charge on any atom is 0.158 e. The van der Waals surface area contributed by atoms with Crippen LogP contribution in [0, 0.1) is 5.82 Å². The first-order valence-electron chi connectivity index (χ1n) is 5.18. The highest BCUT2D eigenvalue weighted by atomic mass is 32.2. The minimum Gasteiger partial charge on any atom is -0.395 e. The zero-order chi connectivity index (χ0) is 13.1. The van der Waals surface area contributed by atoms with Gasteiger partial charge in [0.25, 0.3) is 0 Å². The number of halogens is 1. The van der Waals surface area contributed by atoms with Crippen LogP contribution in [0.25, 0.3) is 0 Å². The van der Waals surface area contributed by atoms with Crippen LogP contribution in [0.5, 0.6) is 0 Å². The summed E-state index contributed by atoms with van der Waals surface area (Å²) in [6, 6.07) is 4.86. The molecule has 2 N–H and O–H groups in total. The molecule has 0 aliphatic carbocycles.